The summed E-state index contributed by atoms with van der Waals surface area (Å²) in [5, 5.41) is 0.431. The van der Waals surface area contributed by atoms with Gasteiger partial charge in [0.15, 0.2) is 5.58 Å². The highest BCUT2D eigenvalue weighted by molar-refractivity contribution is 6.29. The fourth-order valence-corrected chi connectivity index (χ4v) is 1.87. The van der Waals surface area contributed by atoms with E-state index in [2.05, 4.69) is 9.97 Å². The second-order valence-electron chi connectivity index (χ2n) is 3.86. The number of halogens is 1. The van der Waals surface area contributed by atoms with Crippen LogP contribution in [-0.4, -0.2) is 9.97 Å². The zero-order valence-electron chi connectivity index (χ0n) is 9.14. The molecule has 0 aliphatic carbocycles. The summed E-state index contributed by atoms with van der Waals surface area (Å²) in [6, 6.07) is 9.47. The summed E-state index contributed by atoms with van der Waals surface area (Å²) in [6.07, 6.45) is 1.64. The summed E-state index contributed by atoms with van der Waals surface area (Å²) >= 11 is 5.84. The lowest BCUT2D eigenvalue weighted by Crippen LogP contribution is -1.79. The van der Waals surface area contributed by atoms with E-state index in [9.17, 15) is 0 Å². The number of nitrogens with zero attached hydrogens (tertiary/aromatic N) is 2. The first kappa shape index (κ1) is 10.3. The Hall–Kier alpha value is -1.87. The van der Waals surface area contributed by atoms with Crippen LogP contribution in [0.3, 0.4) is 0 Å². The molecule has 84 valence electrons. The molecule has 0 saturated heterocycles. The van der Waals surface area contributed by atoms with Crippen molar-refractivity contribution in [2.45, 2.75) is 6.92 Å². The van der Waals surface area contributed by atoms with Crippen molar-refractivity contribution in [1.29, 1.82) is 0 Å². The van der Waals surface area contributed by atoms with Crippen molar-refractivity contribution in [3.05, 3.63) is 47.2 Å². The number of hydrogen-bond acceptors (Lipinski definition) is 3. The molecule has 0 aliphatic rings. The molecule has 0 unspecified atom stereocenters. The first-order valence-electron chi connectivity index (χ1n) is 5.21. The molecule has 2 aromatic heterocycles. The number of aryl methyl sites for hydroxylation is 1. The highest BCUT2D eigenvalue weighted by atomic mass is 35.5. The van der Waals surface area contributed by atoms with Gasteiger partial charge in [-0.15, -0.1) is 0 Å². The molecule has 0 fully saturated rings. The van der Waals surface area contributed by atoms with E-state index in [0.29, 0.717) is 11.0 Å². The minimum Gasteiger partial charge on any atom is -0.436 e. The van der Waals surface area contributed by atoms with Crippen LogP contribution in [0.2, 0.25) is 5.15 Å². The number of aromatic nitrogens is 2. The predicted octanol–water partition coefficient (Wildman–Crippen LogP) is 3.85. The van der Waals surface area contributed by atoms with E-state index in [1.165, 1.54) is 0 Å². The van der Waals surface area contributed by atoms with Crippen LogP contribution < -0.4 is 0 Å². The van der Waals surface area contributed by atoms with Crippen LogP contribution in [0.25, 0.3) is 22.6 Å². The molecular weight excluding hydrogens is 236 g/mol. The van der Waals surface area contributed by atoms with Gasteiger partial charge in [0.2, 0.25) is 5.89 Å². The molecule has 0 aliphatic heterocycles. The quantitative estimate of drug-likeness (QED) is 0.611. The van der Waals surface area contributed by atoms with Crippen LogP contribution in [0.15, 0.2) is 40.9 Å². The number of rotatable bonds is 1. The average Bonchev–Trinajstić information content (AvgIpc) is 2.72. The normalized spacial score (nSPS) is 10.9. The molecule has 3 nitrogen and oxygen atoms in total. The van der Waals surface area contributed by atoms with Crippen molar-refractivity contribution < 1.29 is 4.42 Å². The third-order valence-corrected chi connectivity index (χ3v) is 2.72. The van der Waals surface area contributed by atoms with E-state index in [-0.39, 0.29) is 0 Å². The Morgan fingerprint density at radius 1 is 1.18 bits per heavy atom. The van der Waals surface area contributed by atoms with Crippen LogP contribution in [0, 0.1) is 6.92 Å². The number of hydrogen-bond donors (Lipinski definition) is 0. The molecule has 3 aromatic rings. The van der Waals surface area contributed by atoms with Gasteiger partial charge in [-0.25, -0.2) is 9.97 Å². The SMILES string of the molecule is Cc1ccc2oc(-c3ccnc(Cl)c3)nc2c1. The summed E-state index contributed by atoms with van der Waals surface area (Å²) in [5.41, 5.74) is 3.62. The van der Waals surface area contributed by atoms with Crippen LogP contribution in [0.4, 0.5) is 0 Å². The van der Waals surface area contributed by atoms with Crippen molar-refractivity contribution in [3.8, 4) is 11.5 Å². The van der Waals surface area contributed by atoms with Crippen molar-refractivity contribution in [3.63, 3.8) is 0 Å². The average molecular weight is 245 g/mol. The molecular formula is C13H9ClN2O. The summed E-state index contributed by atoms with van der Waals surface area (Å²) in [5.74, 6) is 0.565. The van der Waals surface area contributed by atoms with Crippen molar-refractivity contribution in [2.24, 2.45) is 0 Å². The fourth-order valence-electron chi connectivity index (χ4n) is 1.70. The van der Waals surface area contributed by atoms with Crippen molar-refractivity contribution in [2.75, 3.05) is 0 Å². The van der Waals surface area contributed by atoms with E-state index < -0.39 is 0 Å². The lowest BCUT2D eigenvalue weighted by atomic mass is 10.2. The maximum absolute atomic E-state index is 5.84. The largest absolute Gasteiger partial charge is 0.436 e. The molecule has 0 saturated carbocycles. The molecule has 2 heterocycles. The summed E-state index contributed by atoms with van der Waals surface area (Å²) in [6.45, 7) is 2.02. The third-order valence-electron chi connectivity index (χ3n) is 2.52. The Kier molecular flexibility index (Phi) is 2.34. The molecule has 0 atom stereocenters. The molecule has 0 amide bonds. The van der Waals surface area contributed by atoms with Crippen LogP contribution >= 0.6 is 11.6 Å². The van der Waals surface area contributed by atoms with E-state index in [4.69, 9.17) is 16.0 Å². The summed E-state index contributed by atoms with van der Waals surface area (Å²) < 4.78 is 5.67. The van der Waals surface area contributed by atoms with Gasteiger partial charge in [0.25, 0.3) is 0 Å². The molecule has 0 spiro atoms. The summed E-state index contributed by atoms with van der Waals surface area (Å²) in [7, 11) is 0. The molecule has 0 radical (unpaired) electrons. The first-order valence-corrected chi connectivity index (χ1v) is 5.59. The minimum atomic E-state index is 0.431. The number of fused-ring (bicyclic) bond motifs is 1. The zero-order chi connectivity index (χ0) is 11.8. The maximum Gasteiger partial charge on any atom is 0.227 e. The van der Waals surface area contributed by atoms with Gasteiger partial charge in [-0.3, -0.25) is 0 Å². The second kappa shape index (κ2) is 3.86. The topological polar surface area (TPSA) is 38.9 Å². The highest BCUT2D eigenvalue weighted by Gasteiger charge is 2.08. The van der Waals surface area contributed by atoms with Crippen LogP contribution in [0.1, 0.15) is 5.56 Å². The van der Waals surface area contributed by atoms with E-state index >= 15 is 0 Å². The number of oxazole rings is 1. The Bertz CT molecular complexity index is 691. The molecule has 1 aromatic carbocycles. The van der Waals surface area contributed by atoms with Crippen LogP contribution in [-0.2, 0) is 0 Å². The van der Waals surface area contributed by atoms with E-state index in [1.807, 2.05) is 31.2 Å². The predicted molar refractivity (Wildman–Crippen MR) is 67.0 cm³/mol. The van der Waals surface area contributed by atoms with E-state index in [0.717, 1.165) is 22.2 Å². The number of pyridine rings is 1. The monoisotopic (exact) mass is 244 g/mol. The second-order valence-corrected chi connectivity index (χ2v) is 4.24. The van der Waals surface area contributed by atoms with Gasteiger partial charge in [-0.05, 0) is 36.8 Å². The van der Waals surface area contributed by atoms with Gasteiger partial charge in [0, 0.05) is 11.8 Å². The Morgan fingerprint density at radius 2 is 2.06 bits per heavy atom. The molecule has 0 bridgehead atoms. The summed E-state index contributed by atoms with van der Waals surface area (Å²) in [4.78, 5) is 8.36. The van der Waals surface area contributed by atoms with Gasteiger partial charge < -0.3 is 4.42 Å². The lowest BCUT2D eigenvalue weighted by molar-refractivity contribution is 0.619. The van der Waals surface area contributed by atoms with Gasteiger partial charge >= 0.3 is 0 Å². The Balaban J connectivity index is 2.18. The smallest absolute Gasteiger partial charge is 0.227 e. The van der Waals surface area contributed by atoms with Crippen molar-refractivity contribution >= 4 is 22.7 Å². The van der Waals surface area contributed by atoms with E-state index in [1.54, 1.807) is 12.3 Å². The minimum absolute atomic E-state index is 0.431. The maximum atomic E-state index is 5.84. The van der Waals surface area contributed by atoms with Crippen LogP contribution in [0.5, 0.6) is 0 Å². The van der Waals surface area contributed by atoms with Gasteiger partial charge in [0.05, 0.1) is 0 Å². The molecule has 3 rings (SSSR count). The molecule has 4 heteroatoms. The van der Waals surface area contributed by atoms with Gasteiger partial charge in [0.1, 0.15) is 10.7 Å². The highest BCUT2D eigenvalue weighted by Crippen LogP contribution is 2.25. The Labute approximate surface area is 103 Å². The van der Waals surface area contributed by atoms with Crippen molar-refractivity contribution in [1.82, 2.24) is 9.97 Å². The molecule has 0 N–H and O–H groups in total. The lowest BCUT2D eigenvalue weighted by Gasteiger charge is -1.93. The van der Waals surface area contributed by atoms with Gasteiger partial charge in [-0.2, -0.15) is 0 Å². The standard InChI is InChI=1S/C13H9ClN2O/c1-8-2-3-11-10(6-8)16-13(17-11)9-4-5-15-12(14)7-9/h2-7H,1H3. The fraction of sp³-hybridized carbons (Fsp3) is 0.0769. The zero-order valence-corrected chi connectivity index (χ0v) is 9.90. The first-order chi connectivity index (χ1) is 8.22. The van der Waals surface area contributed by atoms with Gasteiger partial charge in [-0.1, -0.05) is 17.7 Å². The number of benzene rings is 1. The Morgan fingerprint density at radius 3 is 2.88 bits per heavy atom. The third kappa shape index (κ3) is 1.89. The molecule has 17 heavy (non-hydrogen) atoms.